The molecule has 13 heavy (non-hydrogen) atoms. The molecule has 0 saturated carbocycles. The second kappa shape index (κ2) is 4.20. The van der Waals surface area contributed by atoms with Crippen molar-refractivity contribution in [2.24, 2.45) is 0 Å². The van der Waals surface area contributed by atoms with E-state index in [1.165, 1.54) is 0 Å². The first kappa shape index (κ1) is 10.7. The van der Waals surface area contributed by atoms with Crippen molar-refractivity contribution in [3.63, 3.8) is 0 Å². The van der Waals surface area contributed by atoms with E-state index in [0.29, 0.717) is 0 Å². The van der Waals surface area contributed by atoms with E-state index in [0.717, 1.165) is 22.7 Å². The molecule has 0 unspecified atom stereocenters. The molecule has 0 fully saturated rings. The maximum Gasteiger partial charge on any atom is 0.0987 e. The van der Waals surface area contributed by atoms with Crippen LogP contribution in [0.1, 0.15) is 43.5 Å². The molecule has 0 aliphatic rings. The number of hydrogen-bond acceptors (Lipinski definition) is 3. The lowest BCUT2D eigenvalue weighted by atomic mass is 9.86. The predicted molar refractivity (Wildman–Crippen MR) is 56.0 cm³/mol. The molecule has 0 spiro atoms. The van der Waals surface area contributed by atoms with Crippen LogP contribution in [0.5, 0.6) is 0 Å². The minimum Gasteiger partial charge on any atom is -0.391 e. The van der Waals surface area contributed by atoms with Crippen molar-refractivity contribution < 1.29 is 5.11 Å². The molecule has 74 valence electrons. The molecule has 1 aromatic rings. The van der Waals surface area contributed by atoms with Gasteiger partial charge in [-0.2, -0.15) is 0 Å². The highest BCUT2D eigenvalue weighted by Crippen LogP contribution is 2.33. The van der Waals surface area contributed by atoms with Crippen molar-refractivity contribution >= 4 is 11.3 Å². The number of nitrogens with zero attached hydrogens (tertiary/aromatic N) is 1. The zero-order chi connectivity index (χ0) is 9.90. The first-order chi connectivity index (χ1) is 6.16. The first-order valence-electron chi connectivity index (χ1n) is 4.72. The molecule has 0 aliphatic carbocycles. The Hall–Kier alpha value is -0.410. The third-order valence-electron chi connectivity index (χ3n) is 2.79. The van der Waals surface area contributed by atoms with Crippen molar-refractivity contribution in [1.82, 2.24) is 4.98 Å². The van der Waals surface area contributed by atoms with Crippen LogP contribution in [0.3, 0.4) is 0 Å². The Labute approximate surface area is 83.6 Å². The number of aliphatic hydroxyl groups is 1. The summed E-state index contributed by atoms with van der Waals surface area (Å²) in [4.78, 5) is 5.32. The fourth-order valence-electron chi connectivity index (χ4n) is 1.21. The minimum absolute atomic E-state index is 0.112. The van der Waals surface area contributed by atoms with E-state index < -0.39 is 0 Å². The zero-order valence-electron chi connectivity index (χ0n) is 8.50. The van der Waals surface area contributed by atoms with Crippen molar-refractivity contribution in [3.8, 4) is 0 Å². The molecule has 1 aromatic heterocycles. The van der Waals surface area contributed by atoms with Crippen LogP contribution in [0.25, 0.3) is 0 Å². The van der Waals surface area contributed by atoms with Gasteiger partial charge < -0.3 is 5.11 Å². The minimum atomic E-state index is 0.112. The Morgan fingerprint density at radius 3 is 2.46 bits per heavy atom. The van der Waals surface area contributed by atoms with Gasteiger partial charge >= 0.3 is 0 Å². The van der Waals surface area contributed by atoms with E-state index in [2.05, 4.69) is 25.8 Å². The molecule has 1 rings (SSSR count). The smallest absolute Gasteiger partial charge is 0.0987 e. The van der Waals surface area contributed by atoms with Gasteiger partial charge in [-0.3, -0.25) is 0 Å². The second-order valence-corrected chi connectivity index (χ2v) is 4.67. The van der Waals surface area contributed by atoms with Crippen LogP contribution in [-0.2, 0) is 12.0 Å². The lowest BCUT2D eigenvalue weighted by Gasteiger charge is -2.23. The molecular weight excluding hydrogens is 182 g/mol. The SMILES string of the molecule is CCC(C)(CC)c1ncc(CO)s1. The van der Waals surface area contributed by atoms with Crippen LogP contribution in [0.4, 0.5) is 0 Å². The third kappa shape index (κ3) is 2.09. The Kier molecular flexibility index (Phi) is 3.45. The van der Waals surface area contributed by atoms with E-state index in [1.54, 1.807) is 17.5 Å². The topological polar surface area (TPSA) is 33.1 Å². The zero-order valence-corrected chi connectivity index (χ0v) is 9.32. The van der Waals surface area contributed by atoms with Gasteiger partial charge in [0.05, 0.1) is 16.5 Å². The monoisotopic (exact) mass is 199 g/mol. The van der Waals surface area contributed by atoms with Crippen LogP contribution in [0.15, 0.2) is 6.20 Å². The van der Waals surface area contributed by atoms with Gasteiger partial charge in [0.15, 0.2) is 0 Å². The summed E-state index contributed by atoms with van der Waals surface area (Å²) in [5.41, 5.74) is 0.193. The van der Waals surface area contributed by atoms with E-state index in [1.807, 2.05) is 0 Å². The Morgan fingerprint density at radius 1 is 1.46 bits per heavy atom. The Balaban J connectivity index is 2.91. The quantitative estimate of drug-likeness (QED) is 0.808. The highest BCUT2D eigenvalue weighted by molar-refractivity contribution is 7.11. The predicted octanol–water partition coefficient (Wildman–Crippen LogP) is 2.71. The van der Waals surface area contributed by atoms with E-state index in [9.17, 15) is 0 Å². The standard InChI is InChI=1S/C10H17NOS/c1-4-10(3,5-2)9-11-6-8(7-12)13-9/h6,12H,4-5,7H2,1-3H3. The van der Waals surface area contributed by atoms with Crippen LogP contribution < -0.4 is 0 Å². The van der Waals surface area contributed by atoms with E-state index in [4.69, 9.17) is 5.11 Å². The molecule has 1 N–H and O–H groups in total. The van der Waals surface area contributed by atoms with Crippen LogP contribution >= 0.6 is 11.3 Å². The number of aliphatic hydroxyl groups excluding tert-OH is 1. The molecule has 0 radical (unpaired) electrons. The maximum absolute atomic E-state index is 8.93. The summed E-state index contributed by atoms with van der Waals surface area (Å²) in [6.07, 6.45) is 3.98. The number of rotatable bonds is 4. The molecule has 0 aliphatic heterocycles. The van der Waals surface area contributed by atoms with Gasteiger partial charge in [0.1, 0.15) is 0 Å². The summed E-state index contributed by atoms with van der Waals surface area (Å²) in [5.74, 6) is 0. The fourth-order valence-corrected chi connectivity index (χ4v) is 2.27. The maximum atomic E-state index is 8.93. The van der Waals surface area contributed by atoms with Crippen molar-refractivity contribution in [1.29, 1.82) is 0 Å². The highest BCUT2D eigenvalue weighted by Gasteiger charge is 2.25. The second-order valence-electron chi connectivity index (χ2n) is 3.56. The normalized spacial score (nSPS) is 12.0. The van der Waals surface area contributed by atoms with Gasteiger partial charge in [-0.25, -0.2) is 4.98 Å². The van der Waals surface area contributed by atoms with Gasteiger partial charge in [0.25, 0.3) is 0 Å². The Bertz CT molecular complexity index is 266. The lowest BCUT2D eigenvalue weighted by molar-refractivity contribution is 0.285. The van der Waals surface area contributed by atoms with Gasteiger partial charge in [-0.15, -0.1) is 11.3 Å². The van der Waals surface area contributed by atoms with Crippen LogP contribution in [-0.4, -0.2) is 10.1 Å². The van der Waals surface area contributed by atoms with Gasteiger partial charge in [0.2, 0.25) is 0 Å². The largest absolute Gasteiger partial charge is 0.391 e. The summed E-state index contributed by atoms with van der Waals surface area (Å²) < 4.78 is 0. The molecule has 2 nitrogen and oxygen atoms in total. The van der Waals surface area contributed by atoms with E-state index in [-0.39, 0.29) is 12.0 Å². The molecule has 0 saturated heterocycles. The molecule has 1 heterocycles. The van der Waals surface area contributed by atoms with Gasteiger partial charge in [0, 0.05) is 11.6 Å². The van der Waals surface area contributed by atoms with Crippen molar-refractivity contribution in [3.05, 3.63) is 16.1 Å². The summed E-state index contributed by atoms with van der Waals surface area (Å²) in [6.45, 7) is 6.71. The molecular formula is C10H17NOS. The number of aromatic nitrogens is 1. The lowest BCUT2D eigenvalue weighted by Crippen LogP contribution is -2.18. The number of hydrogen-bond donors (Lipinski definition) is 1. The summed E-state index contributed by atoms with van der Waals surface area (Å²) in [6, 6.07) is 0. The third-order valence-corrected chi connectivity index (χ3v) is 4.07. The van der Waals surface area contributed by atoms with E-state index >= 15 is 0 Å². The summed E-state index contributed by atoms with van der Waals surface area (Å²) >= 11 is 1.63. The van der Waals surface area contributed by atoms with Gasteiger partial charge in [-0.05, 0) is 12.8 Å². The van der Waals surface area contributed by atoms with Crippen LogP contribution in [0.2, 0.25) is 0 Å². The molecule has 0 aromatic carbocycles. The molecule has 3 heteroatoms. The van der Waals surface area contributed by atoms with Crippen LogP contribution in [0, 0.1) is 0 Å². The number of thiazole rings is 1. The summed E-state index contributed by atoms with van der Waals surface area (Å²) in [5, 5.41) is 10.1. The summed E-state index contributed by atoms with van der Waals surface area (Å²) in [7, 11) is 0. The average molecular weight is 199 g/mol. The first-order valence-corrected chi connectivity index (χ1v) is 5.54. The van der Waals surface area contributed by atoms with Crippen molar-refractivity contribution in [2.75, 3.05) is 0 Å². The molecule has 0 amide bonds. The highest BCUT2D eigenvalue weighted by atomic mass is 32.1. The Morgan fingerprint density at radius 2 is 2.08 bits per heavy atom. The molecule has 0 bridgehead atoms. The average Bonchev–Trinajstić information content (AvgIpc) is 2.65. The molecule has 0 atom stereocenters. The van der Waals surface area contributed by atoms with Crippen molar-refractivity contribution in [2.45, 2.75) is 45.6 Å². The fraction of sp³-hybridized carbons (Fsp3) is 0.700. The van der Waals surface area contributed by atoms with Gasteiger partial charge in [-0.1, -0.05) is 20.8 Å².